The van der Waals surface area contributed by atoms with Gasteiger partial charge in [0.15, 0.2) is 0 Å². The average molecular weight is 1040 g/mol. The van der Waals surface area contributed by atoms with Gasteiger partial charge in [0.25, 0.3) is 5.70 Å². The number of nitriles is 1. The standard InChI is InChI=1S/C57H70N2O12S2/c1-9-35-11-15-37(16-12-35)38-17-19-40(20-18-38)53(64)70-45-31-43(56(3,4)5)49(51-50(45)72-55(73-51)44(32-58)59-8)71-54(65)41-23-21-39(22-24-41)52(63)69-42-25-13-36(14-26-42)29-30-66-47(61)27-28-48(62)68-34-57(6,7)33-67-46(60)10-2/h10,13-14,25-26,31,35,37-41H,2,9,11-12,15-24,27-30,33-34H2,1,3-7H3/b55-44-. The fourth-order valence-corrected chi connectivity index (χ4v) is 12.5. The van der Waals surface area contributed by atoms with E-state index in [4.69, 9.17) is 35.0 Å². The van der Waals surface area contributed by atoms with Gasteiger partial charge in [-0.2, -0.15) is 0 Å². The molecule has 73 heavy (non-hydrogen) atoms. The minimum Gasteiger partial charge on any atom is -0.465 e. The number of carbonyl (C=O) groups excluding carboxylic acids is 6. The molecule has 3 fully saturated rings. The molecule has 3 saturated carbocycles. The second-order valence-electron chi connectivity index (χ2n) is 21.6. The molecule has 1 heterocycles. The minimum absolute atomic E-state index is 0.00638. The number of fused-ring (bicyclic) bond motifs is 1. The number of hydrogen-bond donors (Lipinski definition) is 0. The Bertz CT molecular complexity index is 2460. The third-order valence-electron chi connectivity index (χ3n) is 14.5. The van der Waals surface area contributed by atoms with Gasteiger partial charge in [-0.25, -0.2) is 14.9 Å². The summed E-state index contributed by atoms with van der Waals surface area (Å²) < 4.78 is 34.3. The van der Waals surface area contributed by atoms with Gasteiger partial charge in [0, 0.05) is 23.5 Å². The van der Waals surface area contributed by atoms with Crippen molar-refractivity contribution >= 4 is 59.3 Å². The fraction of sp³-hybridized carbons (Fsp3) is 0.579. The van der Waals surface area contributed by atoms with Gasteiger partial charge >= 0.3 is 35.8 Å². The van der Waals surface area contributed by atoms with Crippen LogP contribution in [0.1, 0.15) is 149 Å². The second-order valence-corrected chi connectivity index (χ2v) is 23.9. The first-order valence-electron chi connectivity index (χ1n) is 25.7. The molecule has 2 aromatic rings. The first-order chi connectivity index (χ1) is 34.8. The average Bonchev–Trinajstić information content (AvgIpc) is 3.84. The van der Waals surface area contributed by atoms with Gasteiger partial charge < -0.3 is 28.4 Å². The van der Waals surface area contributed by atoms with Crippen molar-refractivity contribution in [2.75, 3.05) is 19.8 Å². The van der Waals surface area contributed by atoms with Crippen LogP contribution in [0.15, 0.2) is 62.7 Å². The van der Waals surface area contributed by atoms with Gasteiger partial charge in [-0.05, 0) is 111 Å². The SMILES string of the molecule is [C-]#[N+]/C(C#N)=C1/Sc2c(OC(=O)C3CCC(C4CCC(CC)CC4)CC3)cc(C(C)(C)C)c(OC(=O)C3CCC(C(=O)Oc4ccc(CCOC(=O)CCC(=O)OCC(C)(C)COC(=O)C=C)cc4)CC3)c2S1. The van der Waals surface area contributed by atoms with Crippen molar-refractivity contribution in [3.05, 3.63) is 75.5 Å². The van der Waals surface area contributed by atoms with Crippen LogP contribution in [-0.2, 0) is 54.8 Å². The Balaban J connectivity index is 0.990. The molecule has 0 unspecified atom stereocenters. The van der Waals surface area contributed by atoms with Gasteiger partial charge in [0.05, 0.1) is 77.1 Å². The molecule has 0 saturated heterocycles. The van der Waals surface area contributed by atoms with Crippen molar-refractivity contribution in [3.8, 4) is 23.3 Å². The Hall–Kier alpha value is -5.58. The van der Waals surface area contributed by atoms with E-state index in [1.165, 1.54) is 55.6 Å². The van der Waals surface area contributed by atoms with E-state index in [0.29, 0.717) is 74.9 Å². The van der Waals surface area contributed by atoms with Crippen LogP contribution in [0.4, 0.5) is 0 Å². The van der Waals surface area contributed by atoms with Gasteiger partial charge in [-0.15, -0.1) is 0 Å². The predicted molar refractivity (Wildman–Crippen MR) is 276 cm³/mol. The van der Waals surface area contributed by atoms with Crippen LogP contribution < -0.4 is 14.2 Å². The third kappa shape index (κ3) is 16.0. The van der Waals surface area contributed by atoms with E-state index in [9.17, 15) is 34.0 Å². The van der Waals surface area contributed by atoms with Crippen LogP contribution in [-0.4, -0.2) is 55.6 Å². The maximum atomic E-state index is 14.1. The number of ether oxygens (including phenoxy) is 6. The van der Waals surface area contributed by atoms with Crippen molar-refractivity contribution < 1.29 is 57.2 Å². The van der Waals surface area contributed by atoms with Crippen molar-refractivity contribution in [1.29, 1.82) is 5.26 Å². The molecular weight excluding hydrogens is 969 g/mol. The van der Waals surface area contributed by atoms with E-state index in [2.05, 4.69) is 18.3 Å². The van der Waals surface area contributed by atoms with Gasteiger partial charge in [0.2, 0.25) is 0 Å². The lowest BCUT2D eigenvalue weighted by Gasteiger charge is -2.37. The Kier molecular flexibility index (Phi) is 20.3. The number of nitrogens with zero attached hydrogens (tertiary/aromatic N) is 2. The Morgan fingerprint density at radius 2 is 1.25 bits per heavy atom. The van der Waals surface area contributed by atoms with E-state index in [1.807, 2.05) is 26.8 Å². The summed E-state index contributed by atoms with van der Waals surface area (Å²) in [5, 5.41) is 9.85. The maximum absolute atomic E-state index is 14.1. The molecular formula is C57H70N2O12S2. The Morgan fingerprint density at radius 1 is 0.726 bits per heavy atom. The zero-order valence-electron chi connectivity index (χ0n) is 43.2. The summed E-state index contributed by atoms with van der Waals surface area (Å²) in [5.41, 5.74) is 0.235. The van der Waals surface area contributed by atoms with Crippen LogP contribution in [0.3, 0.4) is 0 Å². The molecule has 0 atom stereocenters. The lowest BCUT2D eigenvalue weighted by Crippen LogP contribution is -2.31. The molecule has 0 amide bonds. The zero-order chi connectivity index (χ0) is 52.9. The smallest absolute Gasteiger partial charge is 0.330 e. The molecule has 0 bridgehead atoms. The number of thioether (sulfide) groups is 2. The summed E-state index contributed by atoms with van der Waals surface area (Å²) in [6.07, 6.45) is 12.8. The molecule has 2 aromatic carbocycles. The van der Waals surface area contributed by atoms with Crippen LogP contribution in [0, 0.1) is 58.8 Å². The molecule has 4 aliphatic rings. The van der Waals surface area contributed by atoms with E-state index in [0.717, 1.165) is 49.2 Å². The lowest BCUT2D eigenvalue weighted by atomic mass is 9.69. The van der Waals surface area contributed by atoms with E-state index >= 15 is 0 Å². The van der Waals surface area contributed by atoms with Crippen molar-refractivity contribution in [2.45, 2.75) is 159 Å². The lowest BCUT2D eigenvalue weighted by molar-refractivity contribution is -0.154. The minimum atomic E-state index is -0.612. The van der Waals surface area contributed by atoms with Crippen LogP contribution in [0.5, 0.6) is 17.2 Å². The third-order valence-corrected chi connectivity index (χ3v) is 17.1. The molecule has 6 rings (SSSR count). The molecule has 0 spiro atoms. The first kappa shape index (κ1) is 56.7. The molecule has 0 radical (unpaired) electrons. The van der Waals surface area contributed by atoms with E-state index in [-0.39, 0.29) is 50.2 Å². The number of hydrogen-bond acceptors (Lipinski definition) is 15. The first-order valence-corrected chi connectivity index (χ1v) is 27.4. The number of esters is 6. The molecule has 392 valence electrons. The summed E-state index contributed by atoms with van der Waals surface area (Å²) in [6, 6.07) is 10.7. The highest BCUT2D eigenvalue weighted by molar-refractivity contribution is 8.24. The van der Waals surface area contributed by atoms with Gasteiger partial charge in [-0.3, -0.25) is 24.0 Å². The highest BCUT2D eigenvalue weighted by Gasteiger charge is 2.39. The molecule has 1 aliphatic heterocycles. The summed E-state index contributed by atoms with van der Waals surface area (Å²) in [4.78, 5) is 81.6. The molecule has 16 heteroatoms. The van der Waals surface area contributed by atoms with E-state index in [1.54, 1.807) is 44.2 Å². The number of carbonyl (C=O) groups is 6. The topological polar surface area (TPSA) is 186 Å². The molecule has 0 aromatic heterocycles. The summed E-state index contributed by atoms with van der Waals surface area (Å²) in [6.45, 7) is 23.0. The van der Waals surface area contributed by atoms with Crippen LogP contribution in [0.2, 0.25) is 0 Å². The monoisotopic (exact) mass is 1040 g/mol. The zero-order valence-corrected chi connectivity index (χ0v) is 44.8. The molecule has 0 N–H and O–H groups in total. The van der Waals surface area contributed by atoms with Gasteiger partial charge in [0.1, 0.15) is 17.2 Å². The molecule has 14 nitrogen and oxygen atoms in total. The highest BCUT2D eigenvalue weighted by Crippen LogP contribution is 2.61. The maximum Gasteiger partial charge on any atom is 0.330 e. The van der Waals surface area contributed by atoms with Crippen LogP contribution >= 0.6 is 23.5 Å². The fourth-order valence-electron chi connectivity index (χ4n) is 9.97. The van der Waals surface area contributed by atoms with Crippen molar-refractivity contribution in [1.82, 2.24) is 0 Å². The predicted octanol–water partition coefficient (Wildman–Crippen LogP) is 12.2. The Labute approximate surface area is 438 Å². The Morgan fingerprint density at radius 3 is 1.79 bits per heavy atom. The molecule has 3 aliphatic carbocycles. The summed E-state index contributed by atoms with van der Waals surface area (Å²) >= 11 is 2.37. The number of benzene rings is 2. The summed E-state index contributed by atoms with van der Waals surface area (Å²) in [7, 11) is 0. The quantitative estimate of drug-likeness (QED) is 0.0323. The van der Waals surface area contributed by atoms with Crippen LogP contribution in [0.25, 0.3) is 4.85 Å². The largest absolute Gasteiger partial charge is 0.465 e. The highest BCUT2D eigenvalue weighted by atomic mass is 32.2. The van der Waals surface area contributed by atoms with E-state index < -0.39 is 52.5 Å². The van der Waals surface area contributed by atoms with Crippen molar-refractivity contribution in [3.63, 3.8) is 0 Å². The summed E-state index contributed by atoms with van der Waals surface area (Å²) in [5.74, 6) is -0.680. The van der Waals surface area contributed by atoms with Crippen molar-refractivity contribution in [2.24, 2.45) is 40.9 Å². The number of rotatable bonds is 19. The number of allylic oxidation sites excluding steroid dienone is 1. The normalized spacial score (nSPS) is 22.5. The van der Waals surface area contributed by atoms with Gasteiger partial charge in [-0.1, -0.05) is 103 Å². The second kappa shape index (κ2) is 26.1.